The van der Waals surface area contributed by atoms with E-state index < -0.39 is 11.4 Å². The fourth-order valence-corrected chi connectivity index (χ4v) is 4.39. The Hall–Kier alpha value is -3.65. The molecule has 1 aliphatic rings. The zero-order valence-electron chi connectivity index (χ0n) is 19.8. The van der Waals surface area contributed by atoms with Gasteiger partial charge >= 0.3 is 0 Å². The molecule has 3 amide bonds. The number of carbonyl (C=O) groups excluding carboxylic acids is 3. The number of imidazole rings is 1. The van der Waals surface area contributed by atoms with Gasteiger partial charge in [0.1, 0.15) is 11.2 Å². The van der Waals surface area contributed by atoms with Crippen molar-refractivity contribution in [2.75, 3.05) is 6.54 Å². The summed E-state index contributed by atoms with van der Waals surface area (Å²) in [6.07, 6.45) is 2.12. The van der Waals surface area contributed by atoms with E-state index in [4.69, 9.17) is 11.6 Å². The van der Waals surface area contributed by atoms with Crippen molar-refractivity contribution in [3.05, 3.63) is 88.5 Å². The summed E-state index contributed by atoms with van der Waals surface area (Å²) in [6.45, 7) is 4.91. The molecule has 8 nitrogen and oxygen atoms in total. The molecule has 182 valence electrons. The van der Waals surface area contributed by atoms with E-state index >= 15 is 0 Å². The summed E-state index contributed by atoms with van der Waals surface area (Å²) in [4.78, 5) is 45.6. The van der Waals surface area contributed by atoms with Crippen molar-refractivity contribution < 1.29 is 14.4 Å². The van der Waals surface area contributed by atoms with Crippen molar-refractivity contribution in [2.45, 2.75) is 45.4 Å². The van der Waals surface area contributed by atoms with Crippen molar-refractivity contribution in [1.29, 1.82) is 0 Å². The summed E-state index contributed by atoms with van der Waals surface area (Å²) >= 11 is 5.92. The fraction of sp³-hybridized carbons (Fsp3) is 0.308. The minimum Gasteiger partial charge on any atom is -0.350 e. The van der Waals surface area contributed by atoms with Crippen molar-refractivity contribution in [1.82, 2.24) is 25.1 Å². The highest BCUT2D eigenvalue weighted by molar-refractivity contribution is 6.30. The Balaban J connectivity index is 1.54. The molecule has 35 heavy (non-hydrogen) atoms. The second-order valence-corrected chi connectivity index (χ2v) is 9.21. The number of aromatic nitrogens is 2. The summed E-state index contributed by atoms with van der Waals surface area (Å²) in [5, 5.41) is 6.39. The zero-order chi connectivity index (χ0) is 25.0. The number of carbonyl (C=O) groups is 3. The molecule has 0 radical (unpaired) electrons. The molecule has 0 saturated heterocycles. The summed E-state index contributed by atoms with van der Waals surface area (Å²) < 4.78 is 1.60. The molecule has 4 rings (SSSR count). The van der Waals surface area contributed by atoms with Crippen LogP contribution in [-0.4, -0.2) is 44.3 Å². The summed E-state index contributed by atoms with van der Waals surface area (Å²) in [6, 6.07) is 16.7. The predicted molar refractivity (Wildman–Crippen MR) is 133 cm³/mol. The van der Waals surface area contributed by atoms with Gasteiger partial charge in [-0.2, -0.15) is 0 Å². The lowest BCUT2D eigenvalue weighted by Crippen LogP contribution is -2.64. The molecule has 2 aromatic carbocycles. The Labute approximate surface area is 209 Å². The molecule has 2 N–H and O–H groups in total. The number of fused-ring (bicyclic) bond motifs is 1. The van der Waals surface area contributed by atoms with Crippen LogP contribution in [0.25, 0.3) is 0 Å². The largest absolute Gasteiger partial charge is 0.350 e. The van der Waals surface area contributed by atoms with Crippen molar-refractivity contribution in [3.8, 4) is 0 Å². The van der Waals surface area contributed by atoms with Gasteiger partial charge < -0.3 is 20.1 Å². The minimum atomic E-state index is -1.12. The van der Waals surface area contributed by atoms with Crippen LogP contribution in [0.4, 0.5) is 0 Å². The average molecular weight is 494 g/mol. The van der Waals surface area contributed by atoms with Crippen molar-refractivity contribution >= 4 is 29.3 Å². The second-order valence-electron chi connectivity index (χ2n) is 8.78. The second kappa shape index (κ2) is 10.3. The van der Waals surface area contributed by atoms with E-state index in [2.05, 4.69) is 15.6 Å². The van der Waals surface area contributed by atoms with Gasteiger partial charge in [0.05, 0.1) is 12.9 Å². The van der Waals surface area contributed by atoms with Gasteiger partial charge in [-0.1, -0.05) is 61.0 Å². The quantitative estimate of drug-likeness (QED) is 0.502. The standard InChI is InChI=1S/C26H28ClN5O3/c1-3-13-32-24(34)22-21(23(33)28-14-19-9-11-20(27)12-10-19)30-17-31(22)16-26(32,2)25(35)29-15-18-7-5-4-6-8-18/h4-12,17H,3,13-16H2,1-2H3,(H,28,33)(H,29,35). The maximum atomic E-state index is 13.6. The van der Waals surface area contributed by atoms with E-state index in [9.17, 15) is 14.4 Å². The maximum absolute atomic E-state index is 13.6. The molecular formula is C26H28ClN5O3. The molecule has 1 aliphatic heterocycles. The van der Waals surface area contributed by atoms with Crippen LogP contribution in [0.15, 0.2) is 60.9 Å². The highest BCUT2D eigenvalue weighted by atomic mass is 35.5. The summed E-state index contributed by atoms with van der Waals surface area (Å²) in [7, 11) is 0. The molecule has 0 saturated carbocycles. The number of amides is 3. The van der Waals surface area contributed by atoms with Gasteiger partial charge in [0, 0.05) is 24.7 Å². The normalized spacial score (nSPS) is 17.1. The number of nitrogens with one attached hydrogen (secondary N) is 2. The Bertz CT molecular complexity index is 1230. The third kappa shape index (κ3) is 5.07. The van der Waals surface area contributed by atoms with Gasteiger partial charge in [0.25, 0.3) is 11.8 Å². The maximum Gasteiger partial charge on any atom is 0.273 e. The molecule has 0 bridgehead atoms. The number of hydrogen-bond acceptors (Lipinski definition) is 4. The monoisotopic (exact) mass is 493 g/mol. The lowest BCUT2D eigenvalue weighted by molar-refractivity contribution is -0.133. The highest BCUT2D eigenvalue weighted by Gasteiger charge is 2.48. The number of hydrogen-bond donors (Lipinski definition) is 2. The van der Waals surface area contributed by atoms with E-state index in [0.29, 0.717) is 24.5 Å². The lowest BCUT2D eigenvalue weighted by Gasteiger charge is -2.43. The van der Waals surface area contributed by atoms with Gasteiger partial charge in [-0.25, -0.2) is 4.98 Å². The first-order valence-corrected chi connectivity index (χ1v) is 11.9. The first kappa shape index (κ1) is 24.5. The van der Waals surface area contributed by atoms with Gasteiger partial charge in [-0.3, -0.25) is 14.4 Å². The molecule has 3 aromatic rings. The first-order chi connectivity index (χ1) is 16.8. The van der Waals surface area contributed by atoms with E-state index in [1.54, 1.807) is 28.5 Å². The van der Waals surface area contributed by atoms with Crippen LogP contribution in [0.3, 0.4) is 0 Å². The summed E-state index contributed by atoms with van der Waals surface area (Å²) in [5.41, 5.74) is 0.971. The van der Waals surface area contributed by atoms with Gasteiger partial charge in [0.15, 0.2) is 5.69 Å². The van der Waals surface area contributed by atoms with Crippen LogP contribution >= 0.6 is 11.6 Å². The Kier molecular flexibility index (Phi) is 7.21. The van der Waals surface area contributed by atoms with Crippen LogP contribution < -0.4 is 10.6 Å². The number of halogens is 1. The molecule has 0 spiro atoms. The molecule has 2 heterocycles. The van der Waals surface area contributed by atoms with Crippen molar-refractivity contribution in [2.24, 2.45) is 0 Å². The molecule has 0 fully saturated rings. The summed E-state index contributed by atoms with van der Waals surface area (Å²) in [5.74, 6) is -1.09. The SMILES string of the molecule is CCCN1C(=O)c2c(C(=O)NCc3ccc(Cl)cc3)ncn2CC1(C)C(=O)NCc1ccccc1. The molecule has 0 aliphatic carbocycles. The Morgan fingerprint density at radius 1 is 1.03 bits per heavy atom. The van der Waals surface area contributed by atoms with Crippen LogP contribution in [-0.2, 0) is 24.4 Å². The van der Waals surface area contributed by atoms with Crippen molar-refractivity contribution in [3.63, 3.8) is 0 Å². The third-order valence-corrected chi connectivity index (χ3v) is 6.43. The number of benzene rings is 2. The Morgan fingerprint density at radius 3 is 2.37 bits per heavy atom. The van der Waals surface area contributed by atoms with Gasteiger partial charge in [0.2, 0.25) is 5.91 Å². The van der Waals surface area contributed by atoms with E-state index in [1.807, 2.05) is 49.4 Å². The topological polar surface area (TPSA) is 96.3 Å². The lowest BCUT2D eigenvalue weighted by atomic mass is 9.94. The Morgan fingerprint density at radius 2 is 1.69 bits per heavy atom. The molecule has 9 heteroatoms. The molecule has 1 atom stereocenters. The third-order valence-electron chi connectivity index (χ3n) is 6.17. The molecule has 1 aromatic heterocycles. The van der Waals surface area contributed by atoms with E-state index in [-0.39, 0.29) is 36.3 Å². The minimum absolute atomic E-state index is 0.0526. The highest BCUT2D eigenvalue weighted by Crippen LogP contribution is 2.29. The zero-order valence-corrected chi connectivity index (χ0v) is 20.5. The fourth-order valence-electron chi connectivity index (χ4n) is 4.26. The molecular weight excluding hydrogens is 466 g/mol. The number of nitrogens with zero attached hydrogens (tertiary/aromatic N) is 3. The number of rotatable bonds is 8. The van der Waals surface area contributed by atoms with E-state index in [0.717, 1.165) is 11.1 Å². The van der Waals surface area contributed by atoms with Crippen LogP contribution in [0.5, 0.6) is 0 Å². The van der Waals surface area contributed by atoms with Gasteiger partial charge in [-0.05, 0) is 36.6 Å². The smallest absolute Gasteiger partial charge is 0.273 e. The van der Waals surface area contributed by atoms with Crippen LogP contribution in [0, 0.1) is 0 Å². The average Bonchev–Trinajstić information content (AvgIpc) is 3.29. The molecule has 1 unspecified atom stereocenters. The van der Waals surface area contributed by atoms with Crippen LogP contribution in [0.2, 0.25) is 5.02 Å². The van der Waals surface area contributed by atoms with Gasteiger partial charge in [-0.15, -0.1) is 0 Å². The first-order valence-electron chi connectivity index (χ1n) is 11.6. The predicted octanol–water partition coefficient (Wildman–Crippen LogP) is 3.41. The van der Waals surface area contributed by atoms with E-state index in [1.165, 1.54) is 6.33 Å². The van der Waals surface area contributed by atoms with Crippen LogP contribution in [0.1, 0.15) is 52.4 Å².